The number of aryl methyl sites for hydroxylation is 1. The summed E-state index contributed by atoms with van der Waals surface area (Å²) in [5, 5.41) is 0.404. The van der Waals surface area contributed by atoms with Gasteiger partial charge in [0, 0.05) is 10.1 Å². The van der Waals surface area contributed by atoms with Crippen LogP contribution in [0.2, 0.25) is 0 Å². The van der Waals surface area contributed by atoms with E-state index in [0.29, 0.717) is 5.25 Å². The van der Waals surface area contributed by atoms with Gasteiger partial charge in [-0.1, -0.05) is 63.6 Å². The van der Waals surface area contributed by atoms with E-state index >= 15 is 0 Å². The van der Waals surface area contributed by atoms with Crippen molar-refractivity contribution in [3.8, 4) is 0 Å². The summed E-state index contributed by atoms with van der Waals surface area (Å²) >= 11 is 0. The molecule has 2 unspecified atom stereocenters. The molecule has 1 aliphatic rings. The molecule has 19 heavy (non-hydrogen) atoms. The Kier molecular flexibility index (Phi) is 6.09. The minimum absolute atomic E-state index is 0.404. The van der Waals surface area contributed by atoms with E-state index in [1.165, 1.54) is 44.1 Å². The lowest BCUT2D eigenvalue weighted by Gasteiger charge is -2.23. The van der Waals surface area contributed by atoms with E-state index in [1.54, 1.807) is 0 Å². The van der Waals surface area contributed by atoms with Crippen molar-refractivity contribution in [2.45, 2.75) is 74.9 Å². The molecule has 0 bridgehead atoms. The molecule has 1 aliphatic heterocycles. The first-order chi connectivity index (χ1) is 9.33. The van der Waals surface area contributed by atoms with Crippen LogP contribution < -0.4 is 0 Å². The summed E-state index contributed by atoms with van der Waals surface area (Å²) in [6.45, 7) is 2.25. The molecule has 2 atom stereocenters. The third-order valence-corrected chi connectivity index (χ3v) is 6.02. The molecular weight excluding hydrogens is 252 g/mol. The molecular formula is C17H26OS. The maximum absolute atomic E-state index is 12.5. The summed E-state index contributed by atoms with van der Waals surface area (Å²) in [6.07, 6.45) is 11.3. The second-order valence-electron chi connectivity index (χ2n) is 5.62. The Balaban J connectivity index is 1.76. The van der Waals surface area contributed by atoms with Gasteiger partial charge in [-0.15, -0.1) is 0 Å². The third kappa shape index (κ3) is 4.17. The van der Waals surface area contributed by atoms with Crippen molar-refractivity contribution in [3.05, 3.63) is 29.8 Å². The van der Waals surface area contributed by atoms with E-state index in [2.05, 4.69) is 25.1 Å². The minimum atomic E-state index is -0.762. The predicted molar refractivity (Wildman–Crippen MR) is 83.0 cm³/mol. The van der Waals surface area contributed by atoms with Crippen molar-refractivity contribution < 1.29 is 4.21 Å². The van der Waals surface area contributed by atoms with Crippen LogP contribution in [-0.2, 0) is 17.2 Å². The molecule has 1 nitrogen and oxygen atoms in total. The number of unbranched alkanes of at least 4 members (excludes halogenated alkanes) is 5. The fraction of sp³-hybridized carbons (Fsp3) is 0.647. The van der Waals surface area contributed by atoms with E-state index in [-0.39, 0.29) is 0 Å². The van der Waals surface area contributed by atoms with Gasteiger partial charge in [0.2, 0.25) is 0 Å². The molecule has 0 aliphatic carbocycles. The van der Waals surface area contributed by atoms with E-state index in [1.807, 2.05) is 6.07 Å². The van der Waals surface area contributed by atoms with Gasteiger partial charge in [-0.25, -0.2) is 0 Å². The van der Waals surface area contributed by atoms with Crippen LogP contribution in [0.3, 0.4) is 0 Å². The molecule has 2 rings (SSSR count). The molecule has 1 aromatic carbocycles. The van der Waals surface area contributed by atoms with Crippen molar-refractivity contribution in [3.63, 3.8) is 0 Å². The number of benzene rings is 1. The number of rotatable bonds is 7. The highest BCUT2D eigenvalue weighted by Gasteiger charge is 2.24. The maximum atomic E-state index is 12.5. The lowest BCUT2D eigenvalue weighted by Crippen LogP contribution is -2.22. The van der Waals surface area contributed by atoms with E-state index in [4.69, 9.17) is 0 Å². The molecule has 2 heteroatoms. The Bertz CT molecular complexity index is 413. The Morgan fingerprint density at radius 3 is 2.68 bits per heavy atom. The highest BCUT2D eigenvalue weighted by atomic mass is 32.2. The van der Waals surface area contributed by atoms with Crippen LogP contribution in [0.5, 0.6) is 0 Å². The number of hydrogen-bond acceptors (Lipinski definition) is 1. The van der Waals surface area contributed by atoms with Gasteiger partial charge in [-0.05, 0) is 30.9 Å². The molecule has 0 fully saturated rings. The Morgan fingerprint density at radius 2 is 1.84 bits per heavy atom. The predicted octanol–water partition coefficient (Wildman–Crippen LogP) is 4.86. The first-order valence-electron chi connectivity index (χ1n) is 7.81. The van der Waals surface area contributed by atoms with Crippen LogP contribution in [0.4, 0.5) is 0 Å². The molecule has 0 N–H and O–H groups in total. The van der Waals surface area contributed by atoms with Crippen LogP contribution in [0.1, 0.15) is 63.9 Å². The first-order valence-corrected chi connectivity index (χ1v) is 9.02. The first kappa shape index (κ1) is 14.8. The zero-order valence-electron chi connectivity index (χ0n) is 12.1. The van der Waals surface area contributed by atoms with Gasteiger partial charge in [-0.3, -0.25) is 4.21 Å². The summed E-state index contributed by atoms with van der Waals surface area (Å²) in [7, 11) is -0.762. The monoisotopic (exact) mass is 278 g/mol. The summed E-state index contributed by atoms with van der Waals surface area (Å²) in [5.74, 6) is 0. The lowest BCUT2D eigenvalue weighted by molar-refractivity contribution is 0.555. The van der Waals surface area contributed by atoms with Gasteiger partial charge in [0.15, 0.2) is 0 Å². The maximum Gasteiger partial charge on any atom is 0.0563 e. The standard InChI is InChI=1S/C17H26OS/c1-2-3-4-5-6-7-11-16-14-13-15-10-8-9-12-17(15)19(16)18/h8-10,12,16H,2-7,11,13-14H2,1H3. The van der Waals surface area contributed by atoms with Gasteiger partial charge in [0.05, 0.1) is 10.8 Å². The lowest BCUT2D eigenvalue weighted by atomic mass is 10.0. The van der Waals surface area contributed by atoms with E-state index in [0.717, 1.165) is 24.2 Å². The zero-order chi connectivity index (χ0) is 13.5. The zero-order valence-corrected chi connectivity index (χ0v) is 12.9. The summed E-state index contributed by atoms with van der Waals surface area (Å²) in [4.78, 5) is 1.10. The van der Waals surface area contributed by atoms with E-state index in [9.17, 15) is 4.21 Å². The average molecular weight is 278 g/mol. The van der Waals surface area contributed by atoms with Crippen LogP contribution in [0, 0.1) is 0 Å². The molecule has 0 aromatic heterocycles. The van der Waals surface area contributed by atoms with Crippen LogP contribution in [0.25, 0.3) is 0 Å². The van der Waals surface area contributed by atoms with Crippen molar-refractivity contribution in [2.24, 2.45) is 0 Å². The summed E-state index contributed by atoms with van der Waals surface area (Å²) < 4.78 is 12.5. The largest absolute Gasteiger partial charge is 0.254 e. The summed E-state index contributed by atoms with van der Waals surface area (Å²) in [6, 6.07) is 8.26. The SMILES string of the molecule is CCCCCCCCC1CCc2ccccc2S1=O. The quantitative estimate of drug-likeness (QED) is 0.651. The van der Waals surface area contributed by atoms with Gasteiger partial charge < -0.3 is 0 Å². The summed E-state index contributed by atoms with van der Waals surface area (Å²) in [5.41, 5.74) is 1.31. The second kappa shape index (κ2) is 7.84. The fourth-order valence-electron chi connectivity index (χ4n) is 2.91. The molecule has 0 amide bonds. The Hall–Kier alpha value is -0.630. The highest BCUT2D eigenvalue weighted by molar-refractivity contribution is 7.85. The second-order valence-corrected chi connectivity index (χ2v) is 7.32. The van der Waals surface area contributed by atoms with Crippen LogP contribution in [0.15, 0.2) is 29.2 Å². The van der Waals surface area contributed by atoms with Crippen molar-refractivity contribution in [1.29, 1.82) is 0 Å². The van der Waals surface area contributed by atoms with Gasteiger partial charge in [0.1, 0.15) is 0 Å². The van der Waals surface area contributed by atoms with Crippen LogP contribution in [-0.4, -0.2) is 9.46 Å². The smallest absolute Gasteiger partial charge is 0.0563 e. The number of fused-ring (bicyclic) bond motifs is 1. The van der Waals surface area contributed by atoms with Gasteiger partial charge in [0.25, 0.3) is 0 Å². The topological polar surface area (TPSA) is 17.1 Å². The van der Waals surface area contributed by atoms with Gasteiger partial charge >= 0.3 is 0 Å². The average Bonchev–Trinajstić information content (AvgIpc) is 2.45. The fourth-order valence-corrected chi connectivity index (χ4v) is 4.63. The number of hydrogen-bond donors (Lipinski definition) is 0. The molecule has 0 radical (unpaired) electrons. The minimum Gasteiger partial charge on any atom is -0.254 e. The van der Waals surface area contributed by atoms with Crippen molar-refractivity contribution in [2.75, 3.05) is 0 Å². The molecule has 1 aromatic rings. The van der Waals surface area contributed by atoms with Gasteiger partial charge in [-0.2, -0.15) is 0 Å². The molecule has 0 spiro atoms. The van der Waals surface area contributed by atoms with E-state index < -0.39 is 10.8 Å². The molecule has 0 saturated carbocycles. The molecule has 106 valence electrons. The highest BCUT2D eigenvalue weighted by Crippen LogP contribution is 2.29. The van der Waals surface area contributed by atoms with Crippen LogP contribution >= 0.6 is 0 Å². The Morgan fingerprint density at radius 1 is 1.11 bits per heavy atom. The normalized spacial score (nSPS) is 22.2. The Labute approximate surface area is 120 Å². The van der Waals surface area contributed by atoms with Crippen molar-refractivity contribution in [1.82, 2.24) is 0 Å². The van der Waals surface area contributed by atoms with Crippen molar-refractivity contribution >= 4 is 10.8 Å². The third-order valence-electron chi connectivity index (χ3n) is 4.11. The molecule has 0 saturated heterocycles. The molecule has 1 heterocycles.